The standard InChI is InChI=1S/C18H22N4O3/c1-11(2)14-10-25-18(24)22(14)16-8-9-19-17(21-16)20-12(3)13-6-4-5-7-15(13)23/h4-9,11-12,14,23H,10H2,1-3H3,(H,19,20,21)/t12-,14-/m1/s1. The Kier molecular flexibility index (Phi) is 4.74. The number of nitrogens with one attached hydrogen (secondary N) is 1. The van der Waals surface area contributed by atoms with Gasteiger partial charge in [0.05, 0.1) is 12.1 Å². The predicted molar refractivity (Wildman–Crippen MR) is 94.6 cm³/mol. The highest BCUT2D eigenvalue weighted by atomic mass is 16.6. The van der Waals surface area contributed by atoms with Crippen molar-refractivity contribution >= 4 is 17.9 Å². The van der Waals surface area contributed by atoms with Crippen LogP contribution in [-0.2, 0) is 4.74 Å². The van der Waals surface area contributed by atoms with Crippen LogP contribution < -0.4 is 10.2 Å². The molecule has 0 spiro atoms. The van der Waals surface area contributed by atoms with E-state index in [9.17, 15) is 9.90 Å². The summed E-state index contributed by atoms with van der Waals surface area (Å²) in [5.74, 6) is 1.35. The Morgan fingerprint density at radius 2 is 2.04 bits per heavy atom. The minimum Gasteiger partial charge on any atom is -0.508 e. The van der Waals surface area contributed by atoms with Crippen molar-refractivity contribution < 1.29 is 14.6 Å². The van der Waals surface area contributed by atoms with Crippen LogP contribution >= 0.6 is 0 Å². The number of carbonyl (C=O) groups excluding carboxylic acids is 1. The molecule has 0 unspecified atom stereocenters. The van der Waals surface area contributed by atoms with Gasteiger partial charge in [-0.05, 0) is 25.0 Å². The second kappa shape index (κ2) is 6.96. The molecule has 7 nitrogen and oxygen atoms in total. The summed E-state index contributed by atoms with van der Waals surface area (Å²) in [6.07, 6.45) is 1.21. The van der Waals surface area contributed by atoms with Crippen LogP contribution in [0.25, 0.3) is 0 Å². The van der Waals surface area contributed by atoms with Gasteiger partial charge < -0.3 is 15.2 Å². The lowest BCUT2D eigenvalue weighted by atomic mass is 10.0. The van der Waals surface area contributed by atoms with Gasteiger partial charge in [0.2, 0.25) is 5.95 Å². The molecular formula is C18H22N4O3. The van der Waals surface area contributed by atoms with Crippen LogP contribution in [0.2, 0.25) is 0 Å². The molecular weight excluding hydrogens is 320 g/mol. The van der Waals surface area contributed by atoms with Gasteiger partial charge in [-0.2, -0.15) is 4.98 Å². The normalized spacial score (nSPS) is 18.3. The first kappa shape index (κ1) is 17.0. The van der Waals surface area contributed by atoms with E-state index in [0.29, 0.717) is 18.4 Å². The average molecular weight is 342 g/mol. The van der Waals surface area contributed by atoms with Crippen molar-refractivity contribution in [1.82, 2.24) is 9.97 Å². The molecule has 0 bridgehead atoms. The molecule has 2 aromatic rings. The maximum atomic E-state index is 12.1. The minimum atomic E-state index is -0.392. The summed E-state index contributed by atoms with van der Waals surface area (Å²) in [5.41, 5.74) is 0.747. The molecule has 1 aliphatic heterocycles. The quantitative estimate of drug-likeness (QED) is 0.866. The molecule has 1 aromatic heterocycles. The van der Waals surface area contributed by atoms with Crippen LogP contribution in [0.5, 0.6) is 5.75 Å². The highest BCUT2D eigenvalue weighted by Crippen LogP contribution is 2.28. The van der Waals surface area contributed by atoms with Crippen LogP contribution in [0.3, 0.4) is 0 Å². The molecule has 1 aliphatic rings. The van der Waals surface area contributed by atoms with E-state index in [0.717, 1.165) is 5.56 Å². The minimum absolute atomic E-state index is 0.0501. The molecule has 2 N–H and O–H groups in total. The number of aromatic hydroxyl groups is 1. The van der Waals surface area contributed by atoms with Crippen molar-refractivity contribution in [3.63, 3.8) is 0 Å². The SMILES string of the molecule is CC(C)[C@H]1COC(=O)N1c1ccnc(N[C@H](C)c2ccccc2O)n1. The van der Waals surface area contributed by atoms with Gasteiger partial charge in [-0.15, -0.1) is 0 Å². The van der Waals surface area contributed by atoms with E-state index in [-0.39, 0.29) is 23.8 Å². The number of anilines is 2. The number of phenolic OH excluding ortho intramolecular Hbond substituents is 1. The first-order valence-electron chi connectivity index (χ1n) is 8.31. The van der Waals surface area contributed by atoms with Crippen LogP contribution in [0.1, 0.15) is 32.4 Å². The highest BCUT2D eigenvalue weighted by molar-refractivity contribution is 5.89. The van der Waals surface area contributed by atoms with Gasteiger partial charge >= 0.3 is 6.09 Å². The molecule has 0 aliphatic carbocycles. The third kappa shape index (κ3) is 3.50. The lowest BCUT2D eigenvalue weighted by Crippen LogP contribution is -2.37. The summed E-state index contributed by atoms with van der Waals surface area (Å²) in [6, 6.07) is 8.55. The Hall–Kier alpha value is -2.83. The van der Waals surface area contributed by atoms with Crippen LogP contribution in [-0.4, -0.2) is 33.8 Å². The molecule has 7 heteroatoms. The second-order valence-corrected chi connectivity index (χ2v) is 6.42. The van der Waals surface area contributed by atoms with Gasteiger partial charge in [0.1, 0.15) is 18.2 Å². The zero-order valence-corrected chi connectivity index (χ0v) is 14.5. The van der Waals surface area contributed by atoms with E-state index in [2.05, 4.69) is 15.3 Å². The topological polar surface area (TPSA) is 87.6 Å². The third-order valence-electron chi connectivity index (χ3n) is 4.31. The van der Waals surface area contributed by atoms with Crippen molar-refractivity contribution in [1.29, 1.82) is 0 Å². The van der Waals surface area contributed by atoms with Crippen molar-refractivity contribution in [2.45, 2.75) is 32.9 Å². The Morgan fingerprint density at radius 1 is 1.28 bits per heavy atom. The summed E-state index contributed by atoms with van der Waals surface area (Å²) >= 11 is 0. The number of hydrogen-bond acceptors (Lipinski definition) is 6. The number of aromatic nitrogens is 2. The molecule has 1 saturated heterocycles. The van der Waals surface area contributed by atoms with E-state index in [1.54, 1.807) is 29.3 Å². The van der Waals surface area contributed by atoms with Crippen LogP contribution in [0, 0.1) is 5.92 Å². The maximum Gasteiger partial charge on any atom is 0.415 e. The van der Waals surface area contributed by atoms with E-state index < -0.39 is 6.09 Å². The zero-order valence-electron chi connectivity index (χ0n) is 14.5. The molecule has 2 atom stereocenters. The van der Waals surface area contributed by atoms with Crippen LogP contribution in [0.4, 0.5) is 16.6 Å². The Balaban J connectivity index is 1.82. The van der Waals surface area contributed by atoms with Gasteiger partial charge in [-0.25, -0.2) is 9.78 Å². The number of carbonyl (C=O) groups is 1. The van der Waals surface area contributed by atoms with Gasteiger partial charge in [0.25, 0.3) is 0 Å². The number of hydrogen-bond donors (Lipinski definition) is 2. The largest absolute Gasteiger partial charge is 0.508 e. The number of amides is 1. The average Bonchev–Trinajstić information content (AvgIpc) is 2.97. The third-order valence-corrected chi connectivity index (χ3v) is 4.31. The molecule has 25 heavy (non-hydrogen) atoms. The van der Waals surface area contributed by atoms with Crippen molar-refractivity contribution in [2.75, 3.05) is 16.8 Å². The smallest absolute Gasteiger partial charge is 0.415 e. The van der Waals surface area contributed by atoms with E-state index >= 15 is 0 Å². The van der Waals surface area contributed by atoms with Gasteiger partial charge in [0.15, 0.2) is 0 Å². The number of cyclic esters (lactones) is 1. The fourth-order valence-electron chi connectivity index (χ4n) is 2.87. The summed E-state index contributed by atoms with van der Waals surface area (Å²) in [5, 5.41) is 13.1. The van der Waals surface area contributed by atoms with Gasteiger partial charge in [0, 0.05) is 11.8 Å². The van der Waals surface area contributed by atoms with Crippen molar-refractivity contribution in [2.24, 2.45) is 5.92 Å². The Morgan fingerprint density at radius 3 is 2.76 bits per heavy atom. The van der Waals surface area contributed by atoms with Gasteiger partial charge in [-0.1, -0.05) is 32.0 Å². The molecule has 132 valence electrons. The number of phenols is 1. The number of benzene rings is 1. The highest BCUT2D eigenvalue weighted by Gasteiger charge is 2.37. The summed E-state index contributed by atoms with van der Waals surface area (Å²) in [7, 11) is 0. The number of para-hydroxylation sites is 1. The van der Waals surface area contributed by atoms with E-state index in [1.165, 1.54) is 0 Å². The molecule has 1 fully saturated rings. The second-order valence-electron chi connectivity index (χ2n) is 6.42. The fraction of sp³-hybridized carbons (Fsp3) is 0.389. The lowest BCUT2D eigenvalue weighted by Gasteiger charge is -2.24. The monoisotopic (exact) mass is 342 g/mol. The first-order chi connectivity index (χ1) is 12.0. The predicted octanol–water partition coefficient (Wildman–Crippen LogP) is 3.34. The zero-order chi connectivity index (χ0) is 18.0. The number of rotatable bonds is 5. The van der Waals surface area contributed by atoms with Crippen molar-refractivity contribution in [3.8, 4) is 5.75 Å². The maximum absolute atomic E-state index is 12.1. The molecule has 0 radical (unpaired) electrons. The van der Waals surface area contributed by atoms with Crippen LogP contribution in [0.15, 0.2) is 36.5 Å². The molecule has 0 saturated carbocycles. The first-order valence-corrected chi connectivity index (χ1v) is 8.31. The van der Waals surface area contributed by atoms with Gasteiger partial charge in [-0.3, -0.25) is 4.90 Å². The fourth-order valence-corrected chi connectivity index (χ4v) is 2.87. The summed E-state index contributed by atoms with van der Waals surface area (Å²) < 4.78 is 5.17. The molecule has 1 amide bonds. The summed E-state index contributed by atoms with van der Waals surface area (Å²) in [6.45, 7) is 6.35. The Labute approximate surface area is 146 Å². The summed E-state index contributed by atoms with van der Waals surface area (Å²) in [4.78, 5) is 22.3. The molecule has 1 aromatic carbocycles. The molecule has 2 heterocycles. The van der Waals surface area contributed by atoms with E-state index in [4.69, 9.17) is 4.74 Å². The molecule has 3 rings (SSSR count). The number of nitrogens with zero attached hydrogens (tertiary/aromatic N) is 3. The number of ether oxygens (including phenoxy) is 1. The van der Waals surface area contributed by atoms with Crippen molar-refractivity contribution in [3.05, 3.63) is 42.1 Å². The van der Waals surface area contributed by atoms with E-state index in [1.807, 2.05) is 32.9 Å². The Bertz CT molecular complexity index is 765. The lowest BCUT2D eigenvalue weighted by molar-refractivity contribution is 0.177.